The molecule has 0 spiro atoms. The molecule has 0 saturated heterocycles. The first-order chi connectivity index (χ1) is 13.9. The predicted molar refractivity (Wildman–Crippen MR) is 126 cm³/mol. The lowest BCUT2D eigenvalue weighted by Crippen LogP contribution is -2.19. The van der Waals surface area contributed by atoms with Crippen molar-refractivity contribution in [2.45, 2.75) is 19.6 Å². The van der Waals surface area contributed by atoms with Crippen LogP contribution >= 0.6 is 39.3 Å². The molecule has 0 unspecified atom stereocenters. The minimum Gasteiger partial charge on any atom is -0.318 e. The molecule has 0 atom stereocenters. The normalized spacial score (nSPS) is 11.2. The lowest BCUT2D eigenvalue weighted by Gasteiger charge is -2.09. The van der Waals surface area contributed by atoms with E-state index in [0.29, 0.717) is 10.8 Å². The van der Waals surface area contributed by atoms with E-state index in [1.165, 1.54) is 5.56 Å². The molecule has 4 nitrogen and oxygen atoms in total. The second kappa shape index (κ2) is 10.1. The number of hydrazone groups is 1. The van der Waals surface area contributed by atoms with Gasteiger partial charge in [-0.3, -0.25) is 4.79 Å². The number of amides is 1. The zero-order valence-electron chi connectivity index (χ0n) is 16.2. The number of aromatic nitrogens is 1. The summed E-state index contributed by atoms with van der Waals surface area (Å²) in [5.41, 5.74) is 7.83. The van der Waals surface area contributed by atoms with Gasteiger partial charge < -0.3 is 4.57 Å². The Labute approximate surface area is 188 Å². The summed E-state index contributed by atoms with van der Waals surface area (Å²) < 4.78 is 3.16. The Hall–Kier alpha value is -2.02. The van der Waals surface area contributed by atoms with Gasteiger partial charge >= 0.3 is 0 Å². The molecule has 7 heteroatoms. The number of thioether (sulfide) groups is 1. The van der Waals surface area contributed by atoms with Crippen LogP contribution in [0.1, 0.15) is 22.5 Å². The first-order valence-electron chi connectivity index (χ1n) is 9.03. The van der Waals surface area contributed by atoms with Crippen LogP contribution in [0.25, 0.3) is 5.69 Å². The number of nitrogens with one attached hydrogen (secondary N) is 1. The fourth-order valence-corrected chi connectivity index (χ4v) is 4.42. The maximum absolute atomic E-state index is 12.0. The quantitative estimate of drug-likeness (QED) is 0.331. The molecule has 150 valence electrons. The highest BCUT2D eigenvalue weighted by molar-refractivity contribution is 9.10. The van der Waals surface area contributed by atoms with Crippen LogP contribution in [0.5, 0.6) is 0 Å². The van der Waals surface area contributed by atoms with Crippen molar-refractivity contribution in [3.05, 3.63) is 86.6 Å². The van der Waals surface area contributed by atoms with Crippen molar-refractivity contribution >= 4 is 51.4 Å². The first-order valence-corrected chi connectivity index (χ1v) is 11.4. The van der Waals surface area contributed by atoms with Gasteiger partial charge in [-0.2, -0.15) is 5.10 Å². The van der Waals surface area contributed by atoms with Crippen molar-refractivity contribution in [2.24, 2.45) is 5.10 Å². The summed E-state index contributed by atoms with van der Waals surface area (Å²) in [6, 6.07) is 17.8. The van der Waals surface area contributed by atoms with Crippen molar-refractivity contribution in [3.8, 4) is 5.69 Å². The summed E-state index contributed by atoms with van der Waals surface area (Å²) in [4.78, 5) is 12.0. The number of aryl methyl sites for hydroxylation is 1. The molecule has 1 N–H and O–H groups in total. The number of rotatable bonds is 7. The molecule has 1 aromatic heterocycles. The van der Waals surface area contributed by atoms with E-state index >= 15 is 0 Å². The topological polar surface area (TPSA) is 46.4 Å². The molecular formula is C22H21BrClN3OS. The molecule has 1 heterocycles. The van der Waals surface area contributed by atoms with Gasteiger partial charge in [-0.15, -0.1) is 11.8 Å². The lowest BCUT2D eigenvalue weighted by atomic mass is 10.2. The van der Waals surface area contributed by atoms with Gasteiger partial charge in [0.05, 0.1) is 12.0 Å². The van der Waals surface area contributed by atoms with E-state index in [-0.39, 0.29) is 5.91 Å². The van der Waals surface area contributed by atoms with Crippen LogP contribution in [-0.2, 0) is 10.5 Å². The summed E-state index contributed by atoms with van der Waals surface area (Å²) >= 11 is 11.1. The smallest absolute Gasteiger partial charge is 0.250 e. The van der Waals surface area contributed by atoms with E-state index in [1.807, 2.05) is 62.4 Å². The van der Waals surface area contributed by atoms with E-state index in [9.17, 15) is 4.79 Å². The Bertz CT molecular complexity index is 1050. The van der Waals surface area contributed by atoms with E-state index in [4.69, 9.17) is 11.6 Å². The number of hydrogen-bond donors (Lipinski definition) is 1. The van der Waals surface area contributed by atoms with Gasteiger partial charge in [-0.1, -0.05) is 45.7 Å². The Morgan fingerprint density at radius 2 is 2.00 bits per heavy atom. The predicted octanol–water partition coefficient (Wildman–Crippen LogP) is 5.89. The SMILES string of the molecule is Cc1cc(/C=N\NC(=O)CSCc2cccc(Br)c2)c(C)n1-c1cccc(Cl)c1. The summed E-state index contributed by atoms with van der Waals surface area (Å²) in [5, 5.41) is 4.82. The molecule has 0 aliphatic carbocycles. The molecule has 3 aromatic rings. The van der Waals surface area contributed by atoms with Crippen LogP contribution < -0.4 is 5.43 Å². The highest BCUT2D eigenvalue weighted by Crippen LogP contribution is 2.22. The molecule has 0 aliphatic heterocycles. The molecule has 1 amide bonds. The molecule has 0 fully saturated rings. The van der Waals surface area contributed by atoms with Gasteiger partial charge in [-0.25, -0.2) is 5.43 Å². The van der Waals surface area contributed by atoms with Gasteiger partial charge in [0.15, 0.2) is 0 Å². The van der Waals surface area contributed by atoms with Gasteiger partial charge in [0, 0.05) is 37.9 Å². The summed E-state index contributed by atoms with van der Waals surface area (Å²) in [6.45, 7) is 4.05. The molecule has 0 bridgehead atoms. The van der Waals surface area contributed by atoms with E-state index in [1.54, 1.807) is 18.0 Å². The average Bonchev–Trinajstić information content (AvgIpc) is 2.95. The van der Waals surface area contributed by atoms with E-state index < -0.39 is 0 Å². The number of hydrogen-bond acceptors (Lipinski definition) is 3. The molecule has 0 radical (unpaired) electrons. The van der Waals surface area contributed by atoms with Crippen LogP contribution in [0.15, 0.2) is 64.2 Å². The number of halogens is 2. The second-order valence-corrected chi connectivity index (χ2v) is 8.90. The first kappa shape index (κ1) is 21.7. The number of carbonyl (C=O) groups excluding carboxylic acids is 1. The Morgan fingerprint density at radius 3 is 2.76 bits per heavy atom. The fraction of sp³-hybridized carbons (Fsp3) is 0.182. The summed E-state index contributed by atoms with van der Waals surface area (Å²) in [6.07, 6.45) is 1.68. The number of benzene rings is 2. The summed E-state index contributed by atoms with van der Waals surface area (Å²) in [7, 11) is 0. The average molecular weight is 491 g/mol. The molecule has 3 rings (SSSR count). The van der Waals surface area contributed by atoms with Crippen molar-refractivity contribution in [2.75, 3.05) is 5.75 Å². The van der Waals surface area contributed by atoms with Gasteiger partial charge in [-0.05, 0) is 55.8 Å². The maximum atomic E-state index is 12.0. The second-order valence-electron chi connectivity index (χ2n) is 6.56. The Morgan fingerprint density at radius 1 is 1.21 bits per heavy atom. The monoisotopic (exact) mass is 489 g/mol. The third-order valence-electron chi connectivity index (χ3n) is 4.32. The minimum atomic E-state index is -0.120. The van der Waals surface area contributed by atoms with Crippen LogP contribution in [0, 0.1) is 13.8 Å². The zero-order chi connectivity index (χ0) is 20.8. The van der Waals surface area contributed by atoms with Crippen molar-refractivity contribution in [1.82, 2.24) is 9.99 Å². The largest absolute Gasteiger partial charge is 0.318 e. The highest BCUT2D eigenvalue weighted by Gasteiger charge is 2.10. The molecule has 0 saturated carbocycles. The van der Waals surface area contributed by atoms with Gasteiger partial charge in [0.25, 0.3) is 0 Å². The van der Waals surface area contributed by atoms with Crippen molar-refractivity contribution in [3.63, 3.8) is 0 Å². The number of nitrogens with zero attached hydrogens (tertiary/aromatic N) is 2. The minimum absolute atomic E-state index is 0.120. The number of carbonyl (C=O) groups is 1. The molecule has 2 aromatic carbocycles. The van der Waals surface area contributed by atoms with Crippen LogP contribution in [-0.4, -0.2) is 22.4 Å². The third kappa shape index (κ3) is 5.98. The van der Waals surface area contributed by atoms with E-state index in [2.05, 4.69) is 37.1 Å². The highest BCUT2D eigenvalue weighted by atomic mass is 79.9. The molecule has 29 heavy (non-hydrogen) atoms. The maximum Gasteiger partial charge on any atom is 0.250 e. The van der Waals surface area contributed by atoms with E-state index in [0.717, 1.165) is 32.9 Å². The fourth-order valence-electron chi connectivity index (χ4n) is 3.03. The summed E-state index contributed by atoms with van der Waals surface area (Å²) in [5.74, 6) is 1.01. The molecular weight excluding hydrogens is 470 g/mol. The Balaban J connectivity index is 1.56. The van der Waals surface area contributed by atoms with Crippen LogP contribution in [0.2, 0.25) is 5.02 Å². The third-order valence-corrected chi connectivity index (χ3v) is 6.05. The van der Waals surface area contributed by atoms with Crippen molar-refractivity contribution < 1.29 is 4.79 Å². The molecule has 0 aliphatic rings. The van der Waals surface area contributed by atoms with Gasteiger partial charge in [0.1, 0.15) is 0 Å². The van der Waals surface area contributed by atoms with Crippen molar-refractivity contribution in [1.29, 1.82) is 0 Å². The lowest BCUT2D eigenvalue weighted by molar-refractivity contribution is -0.118. The van der Waals surface area contributed by atoms with Gasteiger partial charge in [0.2, 0.25) is 5.91 Å². The van der Waals surface area contributed by atoms with Crippen LogP contribution in [0.3, 0.4) is 0 Å². The zero-order valence-corrected chi connectivity index (χ0v) is 19.3. The van der Waals surface area contributed by atoms with Crippen LogP contribution in [0.4, 0.5) is 0 Å². The standard InChI is InChI=1S/C22H21BrClN3OS/c1-15-9-18(16(2)27(15)21-8-4-7-20(24)11-21)12-25-26-22(28)14-29-13-17-5-3-6-19(23)10-17/h3-12H,13-14H2,1-2H3,(H,26,28)/b25-12-. The Kier molecular flexibility index (Phi) is 7.58.